The molecule has 3 heteroatoms. The Morgan fingerprint density at radius 1 is 1.25 bits per heavy atom. The van der Waals surface area contributed by atoms with Gasteiger partial charge in [-0.15, -0.1) is 0 Å². The summed E-state index contributed by atoms with van der Waals surface area (Å²) >= 11 is 0. The van der Waals surface area contributed by atoms with E-state index in [0.29, 0.717) is 12.3 Å². The molecule has 0 nitrogen and oxygen atoms in total. The van der Waals surface area contributed by atoms with Crippen LogP contribution < -0.4 is 0 Å². The molecular weight excluding hydrogens is 165 g/mol. The zero-order chi connectivity index (χ0) is 9.03. The topological polar surface area (TPSA) is 0 Å². The van der Waals surface area contributed by atoms with Crippen LogP contribution in [0.25, 0.3) is 0 Å². The van der Waals surface area contributed by atoms with Crippen LogP contribution in [0.5, 0.6) is 0 Å². The molecule has 0 aromatic carbocycles. The van der Waals surface area contributed by atoms with Crippen LogP contribution in [0.2, 0.25) is 0 Å². The third-order valence-electron chi connectivity index (χ3n) is 2.13. The van der Waals surface area contributed by atoms with Crippen molar-refractivity contribution in [2.75, 3.05) is 0 Å². The normalized spacial score (nSPS) is 17.9. The van der Waals surface area contributed by atoms with Crippen LogP contribution in [0, 0.1) is 17.8 Å². The Balaban J connectivity index is 2.10. The number of hydrogen-bond acceptors (Lipinski definition) is 0. The predicted octanol–water partition coefficient (Wildman–Crippen LogP) is 3.13. The first-order valence-corrected chi connectivity index (χ1v) is 4.15. The molecule has 0 aromatic heterocycles. The van der Waals surface area contributed by atoms with Crippen molar-refractivity contribution in [3.8, 4) is 11.8 Å². The van der Waals surface area contributed by atoms with Gasteiger partial charge in [-0.2, -0.15) is 13.2 Å². The highest BCUT2D eigenvalue weighted by molar-refractivity contribution is 5.05. The highest BCUT2D eigenvalue weighted by atomic mass is 19.4. The second kappa shape index (κ2) is 3.84. The molecule has 0 atom stereocenters. The molecule has 0 heterocycles. The lowest BCUT2D eigenvalue weighted by Gasteiger charge is -2.23. The number of alkyl halides is 3. The molecule has 0 N–H and O–H groups in total. The monoisotopic (exact) mass is 176 g/mol. The molecule has 68 valence electrons. The Morgan fingerprint density at radius 3 is 2.33 bits per heavy atom. The Labute approximate surface area is 70.1 Å². The molecule has 1 aliphatic rings. The lowest BCUT2D eigenvalue weighted by atomic mass is 9.82. The first kappa shape index (κ1) is 9.44. The van der Waals surface area contributed by atoms with Gasteiger partial charge in [0.15, 0.2) is 0 Å². The van der Waals surface area contributed by atoms with Crippen LogP contribution in [-0.4, -0.2) is 6.18 Å². The SMILES string of the molecule is FC(F)(F)C#CCCC1CCC1. The summed E-state index contributed by atoms with van der Waals surface area (Å²) in [6, 6.07) is 0. The summed E-state index contributed by atoms with van der Waals surface area (Å²) in [6.45, 7) is 0. The molecule has 1 aliphatic carbocycles. The molecule has 1 saturated carbocycles. The van der Waals surface area contributed by atoms with Crippen LogP contribution in [0.4, 0.5) is 13.2 Å². The molecule has 0 saturated heterocycles. The molecule has 0 radical (unpaired) electrons. The van der Waals surface area contributed by atoms with E-state index in [-0.39, 0.29) is 0 Å². The summed E-state index contributed by atoms with van der Waals surface area (Å²) in [7, 11) is 0. The van der Waals surface area contributed by atoms with Gasteiger partial charge < -0.3 is 0 Å². The lowest BCUT2D eigenvalue weighted by Crippen LogP contribution is -2.10. The van der Waals surface area contributed by atoms with Gasteiger partial charge in [0.1, 0.15) is 0 Å². The minimum absolute atomic E-state index is 0.393. The van der Waals surface area contributed by atoms with Crippen LogP contribution in [0.3, 0.4) is 0 Å². The summed E-state index contributed by atoms with van der Waals surface area (Å²) in [5.74, 6) is 4.07. The van der Waals surface area contributed by atoms with E-state index in [0.717, 1.165) is 6.42 Å². The highest BCUT2D eigenvalue weighted by Gasteiger charge is 2.23. The number of hydrogen-bond donors (Lipinski definition) is 0. The van der Waals surface area contributed by atoms with Gasteiger partial charge in [0, 0.05) is 12.3 Å². The van der Waals surface area contributed by atoms with E-state index in [1.807, 2.05) is 0 Å². The van der Waals surface area contributed by atoms with Crippen molar-refractivity contribution in [3.05, 3.63) is 0 Å². The quantitative estimate of drug-likeness (QED) is 0.567. The summed E-state index contributed by atoms with van der Waals surface area (Å²) in [6.07, 6.45) is 0.506. The Bertz CT molecular complexity index is 190. The molecule has 12 heavy (non-hydrogen) atoms. The van der Waals surface area contributed by atoms with E-state index in [9.17, 15) is 13.2 Å². The Morgan fingerprint density at radius 2 is 1.92 bits per heavy atom. The van der Waals surface area contributed by atoms with E-state index in [1.165, 1.54) is 25.2 Å². The fourth-order valence-electron chi connectivity index (χ4n) is 1.22. The molecule has 0 aromatic rings. The molecule has 0 unspecified atom stereocenters. The molecule has 0 bridgehead atoms. The van der Waals surface area contributed by atoms with E-state index >= 15 is 0 Å². The van der Waals surface area contributed by atoms with Crippen molar-refractivity contribution in [3.63, 3.8) is 0 Å². The van der Waals surface area contributed by atoms with Gasteiger partial charge in [-0.1, -0.05) is 25.2 Å². The van der Waals surface area contributed by atoms with Gasteiger partial charge >= 0.3 is 6.18 Å². The largest absolute Gasteiger partial charge is 0.457 e. The fraction of sp³-hybridized carbons (Fsp3) is 0.778. The van der Waals surface area contributed by atoms with Crippen molar-refractivity contribution in [2.45, 2.75) is 38.3 Å². The van der Waals surface area contributed by atoms with Gasteiger partial charge in [0.2, 0.25) is 0 Å². The standard InChI is InChI=1S/C9H11F3/c10-9(11,12)7-2-1-4-8-5-3-6-8/h8H,1,3-6H2. The zero-order valence-electron chi connectivity index (χ0n) is 6.75. The molecule has 0 amide bonds. The maximum Gasteiger partial charge on any atom is 0.457 e. The summed E-state index contributed by atoms with van der Waals surface area (Å²) in [4.78, 5) is 0. The molecule has 0 aliphatic heterocycles. The smallest absolute Gasteiger partial charge is 0.159 e. The van der Waals surface area contributed by atoms with Crippen molar-refractivity contribution in [1.29, 1.82) is 0 Å². The van der Waals surface area contributed by atoms with E-state index < -0.39 is 6.18 Å². The van der Waals surface area contributed by atoms with E-state index in [1.54, 1.807) is 0 Å². The van der Waals surface area contributed by atoms with Crippen LogP contribution in [0.1, 0.15) is 32.1 Å². The van der Waals surface area contributed by atoms with Gasteiger partial charge in [0.25, 0.3) is 0 Å². The highest BCUT2D eigenvalue weighted by Crippen LogP contribution is 2.30. The average molecular weight is 176 g/mol. The second-order valence-electron chi connectivity index (χ2n) is 3.14. The van der Waals surface area contributed by atoms with Crippen LogP contribution >= 0.6 is 0 Å². The molecule has 1 rings (SSSR count). The molecule has 0 spiro atoms. The summed E-state index contributed by atoms with van der Waals surface area (Å²) in [5.41, 5.74) is 0. The molecular formula is C9H11F3. The van der Waals surface area contributed by atoms with Gasteiger partial charge in [-0.3, -0.25) is 0 Å². The van der Waals surface area contributed by atoms with E-state index in [4.69, 9.17) is 0 Å². The zero-order valence-corrected chi connectivity index (χ0v) is 6.75. The first-order chi connectivity index (χ1) is 5.58. The Hall–Kier alpha value is -0.650. The summed E-state index contributed by atoms with van der Waals surface area (Å²) in [5, 5.41) is 0. The van der Waals surface area contributed by atoms with Crippen molar-refractivity contribution >= 4 is 0 Å². The third kappa shape index (κ3) is 3.66. The number of halogens is 3. The minimum Gasteiger partial charge on any atom is -0.159 e. The first-order valence-electron chi connectivity index (χ1n) is 4.15. The second-order valence-corrected chi connectivity index (χ2v) is 3.14. The maximum absolute atomic E-state index is 11.5. The van der Waals surface area contributed by atoms with Crippen molar-refractivity contribution in [1.82, 2.24) is 0 Å². The maximum atomic E-state index is 11.5. The molecule has 1 fully saturated rings. The lowest BCUT2D eigenvalue weighted by molar-refractivity contribution is -0.0697. The minimum atomic E-state index is -4.31. The summed E-state index contributed by atoms with van der Waals surface area (Å²) < 4.78 is 34.5. The fourth-order valence-corrected chi connectivity index (χ4v) is 1.22. The van der Waals surface area contributed by atoms with Crippen LogP contribution in [0.15, 0.2) is 0 Å². The van der Waals surface area contributed by atoms with E-state index in [2.05, 4.69) is 5.92 Å². The van der Waals surface area contributed by atoms with Crippen molar-refractivity contribution < 1.29 is 13.2 Å². The van der Waals surface area contributed by atoms with Crippen LogP contribution in [-0.2, 0) is 0 Å². The number of rotatable bonds is 2. The van der Waals surface area contributed by atoms with Gasteiger partial charge in [-0.25, -0.2) is 0 Å². The third-order valence-corrected chi connectivity index (χ3v) is 2.13. The average Bonchev–Trinajstić information content (AvgIpc) is 1.80. The predicted molar refractivity (Wildman–Crippen MR) is 40.4 cm³/mol. The Kier molecular flexibility index (Phi) is 3.02. The van der Waals surface area contributed by atoms with Gasteiger partial charge in [-0.05, 0) is 12.3 Å². The van der Waals surface area contributed by atoms with Gasteiger partial charge in [0.05, 0.1) is 0 Å². The van der Waals surface area contributed by atoms with Crippen molar-refractivity contribution in [2.24, 2.45) is 5.92 Å².